The molecule has 0 saturated carbocycles. The van der Waals surface area contributed by atoms with Crippen LogP contribution < -0.4 is 0 Å². The SMILES string of the molecule is CC(C)(CCBr)N1CCCCC1. The van der Waals surface area contributed by atoms with E-state index in [1.165, 1.54) is 38.8 Å². The molecule has 72 valence electrons. The van der Waals surface area contributed by atoms with Crippen molar-refractivity contribution in [2.75, 3.05) is 18.4 Å². The number of likely N-dealkylation sites (tertiary alicyclic amines) is 1. The molecule has 1 nitrogen and oxygen atoms in total. The summed E-state index contributed by atoms with van der Waals surface area (Å²) >= 11 is 3.53. The minimum absolute atomic E-state index is 0.407. The maximum absolute atomic E-state index is 3.53. The van der Waals surface area contributed by atoms with Crippen LogP contribution in [0.3, 0.4) is 0 Å². The highest BCUT2D eigenvalue weighted by Gasteiger charge is 2.26. The highest BCUT2D eigenvalue weighted by molar-refractivity contribution is 9.09. The second-order valence-electron chi connectivity index (χ2n) is 4.30. The molecular weight excluding hydrogens is 214 g/mol. The zero-order valence-electron chi connectivity index (χ0n) is 8.27. The molecular formula is C10H20BrN. The Morgan fingerprint density at radius 2 is 1.75 bits per heavy atom. The molecule has 0 N–H and O–H groups in total. The van der Waals surface area contributed by atoms with Gasteiger partial charge in [-0.1, -0.05) is 22.4 Å². The Bertz CT molecular complexity index is 128. The van der Waals surface area contributed by atoms with Gasteiger partial charge < -0.3 is 0 Å². The fraction of sp³-hybridized carbons (Fsp3) is 1.00. The summed E-state index contributed by atoms with van der Waals surface area (Å²) in [6.07, 6.45) is 5.48. The third-order valence-electron chi connectivity index (χ3n) is 2.92. The summed E-state index contributed by atoms with van der Waals surface area (Å²) in [5.74, 6) is 0. The second-order valence-corrected chi connectivity index (χ2v) is 5.09. The summed E-state index contributed by atoms with van der Waals surface area (Å²) < 4.78 is 0. The quantitative estimate of drug-likeness (QED) is 0.678. The summed E-state index contributed by atoms with van der Waals surface area (Å²) in [5, 5.41) is 1.12. The van der Waals surface area contributed by atoms with Gasteiger partial charge in [-0.05, 0) is 46.2 Å². The molecule has 0 radical (unpaired) electrons. The van der Waals surface area contributed by atoms with Crippen LogP contribution in [0.4, 0.5) is 0 Å². The zero-order valence-corrected chi connectivity index (χ0v) is 9.86. The van der Waals surface area contributed by atoms with Gasteiger partial charge in [0.2, 0.25) is 0 Å². The molecule has 1 aliphatic heterocycles. The van der Waals surface area contributed by atoms with E-state index in [1.807, 2.05) is 0 Å². The number of nitrogens with zero attached hydrogens (tertiary/aromatic N) is 1. The van der Waals surface area contributed by atoms with E-state index in [0.717, 1.165) is 5.33 Å². The standard InChI is InChI=1S/C10H20BrN/c1-10(2,6-7-11)12-8-4-3-5-9-12/h3-9H2,1-2H3. The molecule has 0 aliphatic carbocycles. The first-order chi connectivity index (χ1) is 5.67. The predicted molar refractivity (Wildman–Crippen MR) is 57.9 cm³/mol. The van der Waals surface area contributed by atoms with Crippen LogP contribution in [-0.4, -0.2) is 28.9 Å². The van der Waals surface area contributed by atoms with Crippen molar-refractivity contribution in [2.45, 2.75) is 45.1 Å². The van der Waals surface area contributed by atoms with Crippen molar-refractivity contribution in [2.24, 2.45) is 0 Å². The average Bonchev–Trinajstić information content (AvgIpc) is 2.06. The van der Waals surface area contributed by atoms with E-state index in [-0.39, 0.29) is 0 Å². The molecule has 0 aromatic rings. The largest absolute Gasteiger partial charge is 0.298 e. The van der Waals surface area contributed by atoms with Gasteiger partial charge in [0, 0.05) is 10.9 Å². The van der Waals surface area contributed by atoms with E-state index in [2.05, 4.69) is 34.7 Å². The highest BCUT2D eigenvalue weighted by atomic mass is 79.9. The van der Waals surface area contributed by atoms with Crippen molar-refractivity contribution >= 4 is 15.9 Å². The van der Waals surface area contributed by atoms with Crippen molar-refractivity contribution in [1.82, 2.24) is 4.90 Å². The number of hydrogen-bond donors (Lipinski definition) is 0. The molecule has 0 amide bonds. The van der Waals surface area contributed by atoms with E-state index in [4.69, 9.17) is 0 Å². The summed E-state index contributed by atoms with van der Waals surface area (Å²) in [6, 6.07) is 0. The molecule has 0 aromatic carbocycles. The van der Waals surface area contributed by atoms with Gasteiger partial charge in [-0.3, -0.25) is 4.90 Å². The minimum Gasteiger partial charge on any atom is -0.298 e. The first-order valence-electron chi connectivity index (χ1n) is 4.98. The maximum Gasteiger partial charge on any atom is 0.0161 e. The Labute approximate surface area is 84.6 Å². The van der Waals surface area contributed by atoms with Gasteiger partial charge in [0.25, 0.3) is 0 Å². The fourth-order valence-corrected chi connectivity index (χ4v) is 2.86. The molecule has 0 bridgehead atoms. The van der Waals surface area contributed by atoms with Crippen LogP contribution in [0.15, 0.2) is 0 Å². The Morgan fingerprint density at radius 3 is 2.25 bits per heavy atom. The van der Waals surface area contributed by atoms with Gasteiger partial charge in [-0.25, -0.2) is 0 Å². The number of piperidine rings is 1. The van der Waals surface area contributed by atoms with E-state index >= 15 is 0 Å². The second kappa shape index (κ2) is 4.61. The Balaban J connectivity index is 2.41. The summed E-state index contributed by atoms with van der Waals surface area (Å²) in [5.41, 5.74) is 0.407. The molecule has 0 unspecified atom stereocenters. The van der Waals surface area contributed by atoms with Crippen molar-refractivity contribution in [3.8, 4) is 0 Å². The van der Waals surface area contributed by atoms with E-state index in [1.54, 1.807) is 0 Å². The molecule has 1 heterocycles. The summed E-state index contributed by atoms with van der Waals surface area (Å²) in [6.45, 7) is 7.33. The van der Waals surface area contributed by atoms with Gasteiger partial charge in [0.15, 0.2) is 0 Å². The smallest absolute Gasteiger partial charge is 0.0161 e. The van der Waals surface area contributed by atoms with Gasteiger partial charge in [0.1, 0.15) is 0 Å². The Kier molecular flexibility index (Phi) is 4.04. The lowest BCUT2D eigenvalue weighted by Crippen LogP contribution is -2.46. The first kappa shape index (κ1) is 10.5. The average molecular weight is 234 g/mol. The number of rotatable bonds is 3. The number of halogens is 1. The molecule has 12 heavy (non-hydrogen) atoms. The van der Waals surface area contributed by atoms with Crippen LogP contribution in [0.1, 0.15) is 39.5 Å². The normalized spacial score (nSPS) is 21.2. The predicted octanol–water partition coefficient (Wildman–Crippen LogP) is 3.04. The molecule has 2 heteroatoms. The van der Waals surface area contributed by atoms with Crippen LogP contribution in [-0.2, 0) is 0 Å². The summed E-state index contributed by atoms with van der Waals surface area (Å²) in [4.78, 5) is 2.64. The minimum atomic E-state index is 0.407. The van der Waals surface area contributed by atoms with E-state index in [0.29, 0.717) is 5.54 Å². The summed E-state index contributed by atoms with van der Waals surface area (Å²) in [7, 11) is 0. The van der Waals surface area contributed by atoms with Crippen LogP contribution in [0.25, 0.3) is 0 Å². The van der Waals surface area contributed by atoms with Crippen LogP contribution in [0, 0.1) is 0 Å². The maximum atomic E-state index is 3.53. The lowest BCUT2D eigenvalue weighted by atomic mass is 9.96. The Hall–Kier alpha value is 0.440. The van der Waals surface area contributed by atoms with Crippen LogP contribution >= 0.6 is 15.9 Å². The van der Waals surface area contributed by atoms with Crippen LogP contribution in [0.2, 0.25) is 0 Å². The third kappa shape index (κ3) is 2.74. The van der Waals surface area contributed by atoms with Gasteiger partial charge >= 0.3 is 0 Å². The van der Waals surface area contributed by atoms with E-state index < -0.39 is 0 Å². The number of alkyl halides is 1. The third-order valence-corrected chi connectivity index (χ3v) is 3.31. The molecule has 1 fully saturated rings. The zero-order chi connectivity index (χ0) is 9.03. The van der Waals surface area contributed by atoms with Gasteiger partial charge in [-0.15, -0.1) is 0 Å². The fourth-order valence-electron chi connectivity index (χ4n) is 1.89. The van der Waals surface area contributed by atoms with Gasteiger partial charge in [-0.2, -0.15) is 0 Å². The topological polar surface area (TPSA) is 3.24 Å². The monoisotopic (exact) mass is 233 g/mol. The molecule has 1 aliphatic rings. The number of hydrogen-bond acceptors (Lipinski definition) is 1. The molecule has 1 rings (SSSR count). The molecule has 1 saturated heterocycles. The molecule has 0 spiro atoms. The lowest BCUT2D eigenvalue weighted by Gasteiger charge is -2.40. The van der Waals surface area contributed by atoms with Crippen molar-refractivity contribution in [3.63, 3.8) is 0 Å². The van der Waals surface area contributed by atoms with Crippen LogP contribution in [0.5, 0.6) is 0 Å². The van der Waals surface area contributed by atoms with E-state index in [9.17, 15) is 0 Å². The van der Waals surface area contributed by atoms with Crippen molar-refractivity contribution in [1.29, 1.82) is 0 Å². The van der Waals surface area contributed by atoms with Crippen molar-refractivity contribution in [3.05, 3.63) is 0 Å². The van der Waals surface area contributed by atoms with Crippen molar-refractivity contribution < 1.29 is 0 Å². The Morgan fingerprint density at radius 1 is 1.17 bits per heavy atom. The first-order valence-corrected chi connectivity index (χ1v) is 6.10. The highest BCUT2D eigenvalue weighted by Crippen LogP contribution is 2.23. The van der Waals surface area contributed by atoms with Gasteiger partial charge in [0.05, 0.1) is 0 Å². The lowest BCUT2D eigenvalue weighted by molar-refractivity contribution is 0.0934. The molecule has 0 atom stereocenters. The molecule has 0 aromatic heterocycles.